The first kappa shape index (κ1) is 14.1. The number of nitrogens with one attached hydrogen (secondary N) is 2. The van der Waals surface area contributed by atoms with Crippen LogP contribution in [-0.2, 0) is 0 Å². The van der Waals surface area contributed by atoms with Gasteiger partial charge in [0.2, 0.25) is 0 Å². The Bertz CT molecular complexity index is 463. The Morgan fingerprint density at radius 2 is 2.33 bits per heavy atom. The largest absolute Gasteiger partial charge is 0.333 e. The average Bonchev–Trinajstić information content (AvgIpc) is 2.39. The molecule has 0 radical (unpaired) electrons. The van der Waals surface area contributed by atoms with Gasteiger partial charge in [-0.15, -0.1) is 0 Å². The second-order valence-electron chi connectivity index (χ2n) is 3.33. The van der Waals surface area contributed by atoms with E-state index in [1.54, 1.807) is 25.7 Å². The summed E-state index contributed by atoms with van der Waals surface area (Å²) in [6.07, 6.45) is 10.8. The van der Waals surface area contributed by atoms with Crippen molar-refractivity contribution in [3.05, 3.63) is 48.5 Å². The average molecular weight is 260 g/mol. The van der Waals surface area contributed by atoms with E-state index in [1.807, 2.05) is 37.3 Å². The van der Waals surface area contributed by atoms with Gasteiger partial charge in [0.25, 0.3) is 0 Å². The third-order valence-electron chi connectivity index (χ3n) is 2.00. The Balaban J connectivity index is 2.53. The van der Waals surface area contributed by atoms with Gasteiger partial charge in [-0.2, -0.15) is 0 Å². The molecule has 0 aliphatic carbocycles. The number of rotatable bonds is 4. The SMILES string of the molecule is C\C=C(/C=C\C=N\C)NC(=S)Nc1cccnc1. The number of nitrogens with zero attached hydrogens (tertiary/aromatic N) is 2. The summed E-state index contributed by atoms with van der Waals surface area (Å²) in [4.78, 5) is 7.87. The molecule has 0 amide bonds. The lowest BCUT2D eigenvalue weighted by Crippen LogP contribution is -2.27. The zero-order valence-electron chi connectivity index (χ0n) is 10.4. The first-order chi connectivity index (χ1) is 8.76. The molecule has 0 aromatic carbocycles. The lowest BCUT2D eigenvalue weighted by molar-refractivity contribution is 1.18. The van der Waals surface area contributed by atoms with Crippen LogP contribution >= 0.6 is 12.2 Å². The van der Waals surface area contributed by atoms with Gasteiger partial charge < -0.3 is 10.6 Å². The summed E-state index contributed by atoms with van der Waals surface area (Å²) >= 11 is 5.20. The van der Waals surface area contributed by atoms with Crippen LogP contribution in [0.5, 0.6) is 0 Å². The molecule has 0 saturated heterocycles. The summed E-state index contributed by atoms with van der Waals surface area (Å²) in [5.74, 6) is 0. The van der Waals surface area contributed by atoms with Crippen molar-refractivity contribution >= 4 is 29.2 Å². The first-order valence-electron chi connectivity index (χ1n) is 5.49. The van der Waals surface area contributed by atoms with Gasteiger partial charge >= 0.3 is 0 Å². The Hall–Kier alpha value is -2.01. The summed E-state index contributed by atoms with van der Waals surface area (Å²) in [6, 6.07) is 3.75. The summed E-state index contributed by atoms with van der Waals surface area (Å²) in [5, 5.41) is 6.65. The third kappa shape index (κ3) is 5.36. The number of thiocarbonyl (C=S) groups is 1. The van der Waals surface area contributed by atoms with E-state index < -0.39 is 0 Å². The molecule has 94 valence electrons. The molecule has 1 heterocycles. The highest BCUT2D eigenvalue weighted by molar-refractivity contribution is 7.80. The van der Waals surface area contributed by atoms with E-state index in [1.165, 1.54) is 0 Å². The second kappa shape index (κ2) is 8.14. The number of hydrogen-bond acceptors (Lipinski definition) is 3. The molecule has 0 bridgehead atoms. The molecule has 0 saturated carbocycles. The molecule has 18 heavy (non-hydrogen) atoms. The van der Waals surface area contributed by atoms with Crippen LogP contribution in [0, 0.1) is 0 Å². The molecular formula is C13H16N4S. The lowest BCUT2D eigenvalue weighted by atomic mass is 10.3. The fourth-order valence-corrected chi connectivity index (χ4v) is 1.41. The van der Waals surface area contributed by atoms with Crippen LogP contribution in [0.2, 0.25) is 0 Å². The van der Waals surface area contributed by atoms with Crippen LogP contribution in [0.15, 0.2) is 53.4 Å². The molecule has 1 aromatic heterocycles. The molecule has 1 aromatic rings. The van der Waals surface area contributed by atoms with Crippen LogP contribution in [0.4, 0.5) is 5.69 Å². The van der Waals surface area contributed by atoms with Crippen LogP contribution in [0.25, 0.3) is 0 Å². The minimum Gasteiger partial charge on any atom is -0.333 e. The van der Waals surface area contributed by atoms with Gasteiger partial charge in [0.05, 0.1) is 11.9 Å². The highest BCUT2D eigenvalue weighted by atomic mass is 32.1. The van der Waals surface area contributed by atoms with Crippen molar-refractivity contribution < 1.29 is 0 Å². The second-order valence-corrected chi connectivity index (χ2v) is 3.74. The molecule has 4 nitrogen and oxygen atoms in total. The van der Waals surface area contributed by atoms with Crippen LogP contribution in [0.3, 0.4) is 0 Å². The van der Waals surface area contributed by atoms with Crippen LogP contribution in [0.1, 0.15) is 6.92 Å². The Kier molecular flexibility index (Phi) is 6.35. The van der Waals surface area contributed by atoms with E-state index in [4.69, 9.17) is 12.2 Å². The van der Waals surface area contributed by atoms with Crippen molar-refractivity contribution in [3.8, 4) is 0 Å². The van der Waals surface area contributed by atoms with E-state index in [0.717, 1.165) is 11.4 Å². The predicted molar refractivity (Wildman–Crippen MR) is 80.9 cm³/mol. The van der Waals surface area contributed by atoms with E-state index in [-0.39, 0.29) is 0 Å². The molecule has 5 heteroatoms. The molecule has 1 rings (SSSR count). The van der Waals surface area contributed by atoms with Crippen molar-refractivity contribution in [1.29, 1.82) is 0 Å². The standard InChI is InChI=1S/C13H16N4S/c1-3-11(6-4-8-14-2)16-13(18)17-12-7-5-9-15-10-12/h3-10H,1-2H3,(H2,16,17,18)/b6-4-,11-3+,14-8+. The maximum atomic E-state index is 5.20. The van der Waals surface area contributed by atoms with Gasteiger partial charge in [0.15, 0.2) is 5.11 Å². The minimum atomic E-state index is 0.522. The lowest BCUT2D eigenvalue weighted by Gasteiger charge is -2.10. The van der Waals surface area contributed by atoms with Gasteiger partial charge in [-0.3, -0.25) is 9.98 Å². The number of hydrogen-bond donors (Lipinski definition) is 2. The fourth-order valence-electron chi connectivity index (χ4n) is 1.17. The van der Waals surface area contributed by atoms with E-state index in [9.17, 15) is 0 Å². The fraction of sp³-hybridized carbons (Fsp3) is 0.154. The van der Waals surface area contributed by atoms with Gasteiger partial charge in [-0.05, 0) is 43.4 Å². The molecule has 0 spiro atoms. The van der Waals surface area contributed by atoms with E-state index in [2.05, 4.69) is 20.6 Å². The van der Waals surface area contributed by atoms with Crippen molar-refractivity contribution in [2.75, 3.05) is 12.4 Å². The zero-order chi connectivity index (χ0) is 13.2. The summed E-state index contributed by atoms with van der Waals surface area (Å²) in [7, 11) is 1.72. The zero-order valence-corrected chi connectivity index (χ0v) is 11.2. The van der Waals surface area contributed by atoms with Crippen molar-refractivity contribution in [2.45, 2.75) is 6.92 Å². The van der Waals surface area contributed by atoms with Crippen molar-refractivity contribution in [1.82, 2.24) is 10.3 Å². The maximum Gasteiger partial charge on any atom is 0.175 e. The van der Waals surface area contributed by atoms with Crippen molar-refractivity contribution in [2.24, 2.45) is 4.99 Å². The number of pyridine rings is 1. The number of anilines is 1. The van der Waals surface area contributed by atoms with Crippen molar-refractivity contribution in [3.63, 3.8) is 0 Å². The third-order valence-corrected chi connectivity index (χ3v) is 2.20. The highest BCUT2D eigenvalue weighted by Crippen LogP contribution is 2.02. The molecule has 0 atom stereocenters. The number of aromatic nitrogens is 1. The van der Waals surface area contributed by atoms with E-state index >= 15 is 0 Å². The predicted octanol–water partition coefficient (Wildman–Crippen LogP) is 2.53. The normalized spacial score (nSPS) is 12.0. The van der Waals surface area contributed by atoms with Gasteiger partial charge in [0, 0.05) is 25.2 Å². The monoisotopic (exact) mass is 260 g/mol. The quantitative estimate of drug-likeness (QED) is 0.496. The van der Waals surface area contributed by atoms with Gasteiger partial charge in [0.1, 0.15) is 0 Å². The number of aliphatic imine (C=N–C) groups is 1. The Morgan fingerprint density at radius 3 is 2.94 bits per heavy atom. The topological polar surface area (TPSA) is 49.3 Å². The molecule has 0 unspecified atom stereocenters. The van der Waals surface area contributed by atoms with Crippen LogP contribution in [-0.4, -0.2) is 23.4 Å². The minimum absolute atomic E-state index is 0.522. The van der Waals surface area contributed by atoms with Gasteiger partial charge in [-0.1, -0.05) is 6.08 Å². The first-order valence-corrected chi connectivity index (χ1v) is 5.90. The van der Waals surface area contributed by atoms with Crippen LogP contribution < -0.4 is 10.6 Å². The molecule has 0 fully saturated rings. The maximum absolute atomic E-state index is 5.20. The summed E-state index contributed by atoms with van der Waals surface area (Å²) < 4.78 is 0. The summed E-state index contributed by atoms with van der Waals surface area (Å²) in [5.41, 5.74) is 1.75. The highest BCUT2D eigenvalue weighted by Gasteiger charge is 1.97. The number of allylic oxidation sites excluding steroid dienone is 3. The summed E-state index contributed by atoms with van der Waals surface area (Å²) in [6.45, 7) is 1.93. The van der Waals surface area contributed by atoms with Gasteiger partial charge in [-0.25, -0.2) is 0 Å². The Labute approximate surface area is 113 Å². The molecule has 0 aliphatic heterocycles. The Morgan fingerprint density at radius 1 is 1.50 bits per heavy atom. The molecule has 0 aliphatic rings. The smallest absolute Gasteiger partial charge is 0.175 e. The molecular weight excluding hydrogens is 244 g/mol. The van der Waals surface area contributed by atoms with E-state index in [0.29, 0.717) is 5.11 Å². The molecule has 2 N–H and O–H groups in total.